The maximum atomic E-state index is 5.68. The van der Waals surface area contributed by atoms with Crippen LogP contribution >= 0.6 is 0 Å². The molecule has 0 aliphatic rings. The van der Waals surface area contributed by atoms with Crippen molar-refractivity contribution in [1.82, 2.24) is 9.97 Å². The molecule has 2 N–H and O–H groups in total. The molecule has 0 bridgehead atoms. The molecule has 1 aromatic heterocycles. The summed E-state index contributed by atoms with van der Waals surface area (Å²) < 4.78 is 0. The Hall–Kier alpha value is -1.12. The first-order valence-corrected chi connectivity index (χ1v) is 4.57. The predicted octanol–water partition coefficient (Wildman–Crippen LogP) is 1.92. The zero-order valence-corrected chi connectivity index (χ0v) is 8.76. The highest BCUT2D eigenvalue weighted by molar-refractivity contribution is 5.31. The van der Waals surface area contributed by atoms with Gasteiger partial charge in [0.2, 0.25) is 0 Å². The van der Waals surface area contributed by atoms with Gasteiger partial charge in [-0.1, -0.05) is 27.7 Å². The monoisotopic (exact) mass is 179 g/mol. The van der Waals surface area contributed by atoms with Crippen LogP contribution in [0.4, 0.5) is 5.82 Å². The number of nitrogens with two attached hydrogens (primary N) is 1. The van der Waals surface area contributed by atoms with Gasteiger partial charge in [-0.2, -0.15) is 0 Å². The van der Waals surface area contributed by atoms with Crippen LogP contribution in [0.15, 0.2) is 6.07 Å². The third-order valence-electron chi connectivity index (χ3n) is 1.83. The van der Waals surface area contributed by atoms with Crippen LogP contribution in [0.3, 0.4) is 0 Å². The molecule has 0 aliphatic heterocycles. The summed E-state index contributed by atoms with van der Waals surface area (Å²) in [6.45, 7) is 8.32. The first-order valence-electron chi connectivity index (χ1n) is 4.57. The summed E-state index contributed by atoms with van der Waals surface area (Å²) in [5.41, 5.74) is 6.66. The second-order valence-corrected chi connectivity index (χ2v) is 4.21. The Balaban J connectivity index is 3.16. The molecule has 13 heavy (non-hydrogen) atoms. The standard InChI is InChI=1S/C10H17N3/c1-5-7-6-8(11)13-9(12-7)10(2,3)4/h6H,5H2,1-4H3,(H2,11,12,13). The van der Waals surface area contributed by atoms with E-state index in [0.717, 1.165) is 17.9 Å². The van der Waals surface area contributed by atoms with E-state index in [1.807, 2.05) is 6.07 Å². The molecular formula is C10H17N3. The summed E-state index contributed by atoms with van der Waals surface area (Å²) >= 11 is 0. The Labute approximate surface area is 79.4 Å². The van der Waals surface area contributed by atoms with Crippen molar-refractivity contribution in [2.24, 2.45) is 0 Å². The Kier molecular flexibility index (Phi) is 2.55. The molecule has 0 aliphatic carbocycles. The number of nitrogens with zero attached hydrogens (tertiary/aromatic N) is 2. The van der Waals surface area contributed by atoms with Crippen LogP contribution in [0.5, 0.6) is 0 Å². The fraction of sp³-hybridized carbons (Fsp3) is 0.600. The second kappa shape index (κ2) is 3.32. The molecule has 0 fully saturated rings. The number of anilines is 1. The Bertz CT molecular complexity index is 300. The van der Waals surface area contributed by atoms with Gasteiger partial charge in [-0.05, 0) is 6.42 Å². The molecule has 0 saturated carbocycles. The molecule has 3 nitrogen and oxygen atoms in total. The van der Waals surface area contributed by atoms with Crippen LogP contribution < -0.4 is 5.73 Å². The topological polar surface area (TPSA) is 51.8 Å². The maximum absolute atomic E-state index is 5.68. The number of nitrogen functional groups attached to an aromatic ring is 1. The summed E-state index contributed by atoms with van der Waals surface area (Å²) in [7, 11) is 0. The van der Waals surface area contributed by atoms with Gasteiger partial charge in [-0.15, -0.1) is 0 Å². The second-order valence-electron chi connectivity index (χ2n) is 4.21. The lowest BCUT2D eigenvalue weighted by Gasteiger charge is -2.17. The third-order valence-corrected chi connectivity index (χ3v) is 1.83. The predicted molar refractivity (Wildman–Crippen MR) is 54.5 cm³/mol. The molecule has 1 heterocycles. The van der Waals surface area contributed by atoms with Gasteiger partial charge in [0.1, 0.15) is 11.6 Å². The molecule has 72 valence electrons. The number of hydrogen-bond acceptors (Lipinski definition) is 3. The Morgan fingerprint density at radius 1 is 1.31 bits per heavy atom. The molecule has 0 spiro atoms. The van der Waals surface area contributed by atoms with E-state index in [4.69, 9.17) is 5.73 Å². The summed E-state index contributed by atoms with van der Waals surface area (Å²) in [5.74, 6) is 1.39. The number of hydrogen-bond donors (Lipinski definition) is 1. The minimum absolute atomic E-state index is 0.0285. The van der Waals surface area contributed by atoms with Crippen molar-refractivity contribution in [2.75, 3.05) is 5.73 Å². The lowest BCUT2D eigenvalue weighted by molar-refractivity contribution is 0.543. The van der Waals surface area contributed by atoms with Crippen LogP contribution in [0.2, 0.25) is 0 Å². The highest BCUT2D eigenvalue weighted by atomic mass is 15.0. The van der Waals surface area contributed by atoms with E-state index >= 15 is 0 Å². The first kappa shape index (κ1) is 9.96. The summed E-state index contributed by atoms with van der Waals surface area (Å²) in [6, 6.07) is 1.83. The molecule has 1 rings (SSSR count). The zero-order chi connectivity index (χ0) is 10.1. The molecule has 1 aromatic rings. The van der Waals surface area contributed by atoms with Crippen LogP contribution in [0.1, 0.15) is 39.2 Å². The van der Waals surface area contributed by atoms with E-state index in [-0.39, 0.29) is 5.41 Å². The smallest absolute Gasteiger partial charge is 0.136 e. The van der Waals surface area contributed by atoms with Crippen molar-refractivity contribution in [1.29, 1.82) is 0 Å². The summed E-state index contributed by atoms with van der Waals surface area (Å²) in [6.07, 6.45) is 0.899. The van der Waals surface area contributed by atoms with Crippen molar-refractivity contribution < 1.29 is 0 Å². The average Bonchev–Trinajstić information content (AvgIpc) is 2.01. The molecule has 0 radical (unpaired) electrons. The SMILES string of the molecule is CCc1cc(N)nc(C(C)(C)C)n1. The molecule has 0 saturated heterocycles. The van der Waals surface area contributed by atoms with E-state index in [1.54, 1.807) is 0 Å². The molecule has 0 aromatic carbocycles. The molecule has 0 unspecified atom stereocenters. The van der Waals surface area contributed by atoms with Crippen LogP contribution in [-0.4, -0.2) is 9.97 Å². The quantitative estimate of drug-likeness (QED) is 0.716. The van der Waals surface area contributed by atoms with Crippen molar-refractivity contribution >= 4 is 5.82 Å². The lowest BCUT2D eigenvalue weighted by Crippen LogP contribution is -2.17. The van der Waals surface area contributed by atoms with Crippen molar-refractivity contribution in [3.63, 3.8) is 0 Å². The maximum Gasteiger partial charge on any atom is 0.136 e. The molecule has 0 atom stereocenters. The van der Waals surface area contributed by atoms with Crippen LogP contribution in [0, 0.1) is 0 Å². The lowest BCUT2D eigenvalue weighted by atomic mass is 9.95. The highest BCUT2D eigenvalue weighted by Crippen LogP contribution is 2.19. The van der Waals surface area contributed by atoms with Gasteiger partial charge in [0.15, 0.2) is 0 Å². The minimum Gasteiger partial charge on any atom is -0.384 e. The fourth-order valence-corrected chi connectivity index (χ4v) is 1.04. The third kappa shape index (κ3) is 2.41. The molecular weight excluding hydrogens is 162 g/mol. The van der Waals surface area contributed by atoms with Gasteiger partial charge in [0, 0.05) is 17.2 Å². The van der Waals surface area contributed by atoms with Gasteiger partial charge in [-0.3, -0.25) is 0 Å². The normalized spacial score (nSPS) is 11.7. The summed E-state index contributed by atoms with van der Waals surface area (Å²) in [5, 5.41) is 0. The van der Waals surface area contributed by atoms with E-state index in [1.165, 1.54) is 0 Å². The van der Waals surface area contributed by atoms with Gasteiger partial charge < -0.3 is 5.73 Å². The largest absolute Gasteiger partial charge is 0.384 e. The first-order chi connectivity index (χ1) is 5.93. The Morgan fingerprint density at radius 2 is 1.92 bits per heavy atom. The number of rotatable bonds is 1. The molecule has 0 amide bonds. The summed E-state index contributed by atoms with van der Waals surface area (Å²) in [4.78, 5) is 8.65. The van der Waals surface area contributed by atoms with Gasteiger partial charge in [0.05, 0.1) is 0 Å². The highest BCUT2D eigenvalue weighted by Gasteiger charge is 2.17. The van der Waals surface area contributed by atoms with E-state index in [0.29, 0.717) is 5.82 Å². The Morgan fingerprint density at radius 3 is 2.38 bits per heavy atom. The van der Waals surface area contributed by atoms with Gasteiger partial charge >= 0.3 is 0 Å². The minimum atomic E-state index is -0.0285. The zero-order valence-electron chi connectivity index (χ0n) is 8.76. The van der Waals surface area contributed by atoms with Crippen molar-refractivity contribution in [2.45, 2.75) is 39.5 Å². The number of aryl methyl sites for hydroxylation is 1. The van der Waals surface area contributed by atoms with Crippen LogP contribution in [-0.2, 0) is 11.8 Å². The average molecular weight is 179 g/mol. The van der Waals surface area contributed by atoms with Crippen molar-refractivity contribution in [3.8, 4) is 0 Å². The van der Waals surface area contributed by atoms with Gasteiger partial charge in [0.25, 0.3) is 0 Å². The fourth-order valence-electron chi connectivity index (χ4n) is 1.04. The van der Waals surface area contributed by atoms with Gasteiger partial charge in [-0.25, -0.2) is 9.97 Å². The van der Waals surface area contributed by atoms with E-state index in [2.05, 4.69) is 37.7 Å². The van der Waals surface area contributed by atoms with E-state index in [9.17, 15) is 0 Å². The van der Waals surface area contributed by atoms with Crippen molar-refractivity contribution in [3.05, 3.63) is 17.6 Å². The molecule has 3 heteroatoms. The number of aromatic nitrogens is 2. The van der Waals surface area contributed by atoms with Crippen LogP contribution in [0.25, 0.3) is 0 Å². The van der Waals surface area contributed by atoms with E-state index < -0.39 is 0 Å².